The smallest absolute Gasteiger partial charge is 0.335 e. The highest BCUT2D eigenvalue weighted by atomic mass is 32.2. The lowest BCUT2D eigenvalue weighted by atomic mass is 10.0. The number of benzene rings is 1. The Labute approximate surface area is 113 Å². The van der Waals surface area contributed by atoms with Gasteiger partial charge in [0.05, 0.1) is 10.5 Å². The number of sulfonamides is 1. The van der Waals surface area contributed by atoms with E-state index in [2.05, 4.69) is 4.72 Å². The molecule has 1 unspecified atom stereocenters. The van der Waals surface area contributed by atoms with Gasteiger partial charge in [0.25, 0.3) is 0 Å². The highest BCUT2D eigenvalue weighted by Crippen LogP contribution is 2.14. The number of carboxylic acid groups (broad SMARTS) is 1. The predicted molar refractivity (Wildman–Crippen MR) is 72.6 cm³/mol. The first-order valence-electron chi connectivity index (χ1n) is 6.13. The monoisotopic (exact) mass is 285 g/mol. The van der Waals surface area contributed by atoms with E-state index in [9.17, 15) is 13.2 Å². The Hall–Kier alpha value is -1.40. The van der Waals surface area contributed by atoms with E-state index >= 15 is 0 Å². The summed E-state index contributed by atoms with van der Waals surface area (Å²) in [5, 5.41) is 8.77. The van der Waals surface area contributed by atoms with Gasteiger partial charge in [-0.05, 0) is 36.6 Å². The van der Waals surface area contributed by atoms with Crippen LogP contribution in [0.2, 0.25) is 0 Å². The SMILES string of the molecule is CCC(NS(=O)(=O)c1ccc(C(=O)O)cc1)C(C)C. The minimum atomic E-state index is -3.60. The van der Waals surface area contributed by atoms with E-state index in [0.717, 1.165) is 0 Å². The van der Waals surface area contributed by atoms with Crippen molar-refractivity contribution < 1.29 is 18.3 Å². The molecule has 0 fully saturated rings. The van der Waals surface area contributed by atoms with E-state index in [1.807, 2.05) is 20.8 Å². The van der Waals surface area contributed by atoms with Gasteiger partial charge < -0.3 is 5.11 Å². The van der Waals surface area contributed by atoms with Crippen LogP contribution in [0.1, 0.15) is 37.6 Å². The quantitative estimate of drug-likeness (QED) is 0.838. The van der Waals surface area contributed by atoms with Gasteiger partial charge in [0.2, 0.25) is 10.0 Å². The molecule has 1 atom stereocenters. The zero-order valence-electron chi connectivity index (χ0n) is 11.3. The van der Waals surface area contributed by atoms with Crippen molar-refractivity contribution in [3.8, 4) is 0 Å². The highest BCUT2D eigenvalue weighted by Gasteiger charge is 2.21. The van der Waals surface area contributed by atoms with Crippen molar-refractivity contribution in [2.75, 3.05) is 0 Å². The summed E-state index contributed by atoms with van der Waals surface area (Å²) in [5.41, 5.74) is 0.0647. The van der Waals surface area contributed by atoms with Crippen LogP contribution < -0.4 is 4.72 Å². The molecule has 0 saturated heterocycles. The van der Waals surface area contributed by atoms with Crippen molar-refractivity contribution in [1.82, 2.24) is 4.72 Å². The molecule has 0 aliphatic rings. The Bertz CT molecular complexity index is 534. The van der Waals surface area contributed by atoms with Gasteiger partial charge in [-0.3, -0.25) is 0 Å². The summed E-state index contributed by atoms with van der Waals surface area (Å²) < 4.78 is 26.9. The van der Waals surface area contributed by atoms with Crippen molar-refractivity contribution in [1.29, 1.82) is 0 Å². The van der Waals surface area contributed by atoms with E-state index < -0.39 is 16.0 Å². The summed E-state index contributed by atoms with van der Waals surface area (Å²) >= 11 is 0. The molecule has 1 aromatic rings. The Morgan fingerprint density at radius 3 is 2.16 bits per heavy atom. The topological polar surface area (TPSA) is 83.5 Å². The molecule has 0 bridgehead atoms. The minimum Gasteiger partial charge on any atom is -0.478 e. The van der Waals surface area contributed by atoms with Gasteiger partial charge >= 0.3 is 5.97 Å². The van der Waals surface area contributed by atoms with E-state index in [-0.39, 0.29) is 22.4 Å². The van der Waals surface area contributed by atoms with Crippen LogP contribution in [-0.4, -0.2) is 25.5 Å². The first-order valence-corrected chi connectivity index (χ1v) is 7.62. The molecular formula is C13H19NO4S. The van der Waals surface area contributed by atoms with Crippen molar-refractivity contribution >= 4 is 16.0 Å². The second kappa shape index (κ2) is 6.16. The number of hydrogen-bond acceptors (Lipinski definition) is 3. The van der Waals surface area contributed by atoms with Crippen LogP contribution in [0.25, 0.3) is 0 Å². The normalized spacial score (nSPS) is 13.5. The lowest BCUT2D eigenvalue weighted by Gasteiger charge is -2.20. The Kier molecular flexibility index (Phi) is 5.08. The predicted octanol–water partition coefficient (Wildman–Crippen LogP) is 2.10. The summed E-state index contributed by atoms with van der Waals surface area (Å²) in [7, 11) is -3.60. The molecule has 1 aromatic carbocycles. The third-order valence-electron chi connectivity index (χ3n) is 2.96. The highest BCUT2D eigenvalue weighted by molar-refractivity contribution is 7.89. The first kappa shape index (κ1) is 15.7. The Morgan fingerprint density at radius 1 is 1.26 bits per heavy atom. The zero-order valence-corrected chi connectivity index (χ0v) is 12.1. The molecule has 2 N–H and O–H groups in total. The average molecular weight is 285 g/mol. The van der Waals surface area contributed by atoms with Crippen molar-refractivity contribution in [2.24, 2.45) is 5.92 Å². The van der Waals surface area contributed by atoms with Crippen LogP contribution in [0.15, 0.2) is 29.2 Å². The molecule has 0 heterocycles. The van der Waals surface area contributed by atoms with E-state index in [4.69, 9.17) is 5.11 Å². The molecule has 19 heavy (non-hydrogen) atoms. The molecule has 6 heteroatoms. The van der Waals surface area contributed by atoms with Gasteiger partial charge in [-0.25, -0.2) is 17.9 Å². The molecule has 106 valence electrons. The number of aromatic carboxylic acids is 1. The lowest BCUT2D eigenvalue weighted by molar-refractivity contribution is 0.0696. The third-order valence-corrected chi connectivity index (χ3v) is 4.47. The number of carboxylic acids is 1. The summed E-state index contributed by atoms with van der Waals surface area (Å²) in [5.74, 6) is -0.886. The largest absolute Gasteiger partial charge is 0.478 e. The molecule has 0 saturated carbocycles. The number of carbonyl (C=O) groups is 1. The fraction of sp³-hybridized carbons (Fsp3) is 0.462. The lowest BCUT2D eigenvalue weighted by Crippen LogP contribution is -2.37. The second-order valence-corrected chi connectivity index (χ2v) is 6.42. The number of nitrogens with one attached hydrogen (secondary N) is 1. The maximum atomic E-state index is 12.1. The van der Waals surface area contributed by atoms with Crippen LogP contribution in [-0.2, 0) is 10.0 Å². The zero-order chi connectivity index (χ0) is 14.6. The second-order valence-electron chi connectivity index (χ2n) is 4.71. The summed E-state index contributed by atoms with van der Waals surface area (Å²) in [6.45, 7) is 5.81. The summed E-state index contributed by atoms with van der Waals surface area (Å²) in [4.78, 5) is 10.8. The van der Waals surface area contributed by atoms with Gasteiger partial charge in [0, 0.05) is 6.04 Å². The maximum absolute atomic E-state index is 12.1. The van der Waals surface area contributed by atoms with Gasteiger partial charge in [0.15, 0.2) is 0 Å². The molecule has 0 aliphatic heterocycles. The van der Waals surface area contributed by atoms with Crippen molar-refractivity contribution in [3.05, 3.63) is 29.8 Å². The number of rotatable bonds is 6. The Balaban J connectivity index is 2.97. The summed E-state index contributed by atoms with van der Waals surface area (Å²) in [6.07, 6.45) is 0.699. The van der Waals surface area contributed by atoms with E-state index in [1.165, 1.54) is 24.3 Å². The summed E-state index contributed by atoms with van der Waals surface area (Å²) in [6, 6.07) is 5.04. The van der Waals surface area contributed by atoms with Gasteiger partial charge in [-0.1, -0.05) is 20.8 Å². The van der Waals surface area contributed by atoms with Crippen LogP contribution in [0, 0.1) is 5.92 Å². The van der Waals surface area contributed by atoms with Crippen LogP contribution in [0.3, 0.4) is 0 Å². The Morgan fingerprint density at radius 2 is 1.79 bits per heavy atom. The van der Waals surface area contributed by atoms with Crippen LogP contribution >= 0.6 is 0 Å². The molecule has 0 aliphatic carbocycles. The fourth-order valence-electron chi connectivity index (χ4n) is 1.73. The molecule has 0 aromatic heterocycles. The molecule has 0 amide bonds. The van der Waals surface area contributed by atoms with Gasteiger partial charge in [-0.15, -0.1) is 0 Å². The molecule has 0 spiro atoms. The fourth-order valence-corrected chi connectivity index (χ4v) is 3.20. The van der Waals surface area contributed by atoms with E-state index in [1.54, 1.807) is 0 Å². The van der Waals surface area contributed by atoms with Crippen molar-refractivity contribution in [2.45, 2.75) is 38.1 Å². The molecule has 1 rings (SSSR count). The minimum absolute atomic E-state index is 0.0647. The maximum Gasteiger partial charge on any atom is 0.335 e. The van der Waals surface area contributed by atoms with E-state index in [0.29, 0.717) is 6.42 Å². The number of hydrogen-bond donors (Lipinski definition) is 2. The standard InChI is InChI=1S/C13H19NO4S/c1-4-12(9(2)3)14-19(17,18)11-7-5-10(6-8-11)13(15)16/h5-9,12,14H,4H2,1-3H3,(H,15,16). The third kappa shape index (κ3) is 4.04. The molecule has 0 radical (unpaired) electrons. The average Bonchev–Trinajstić information content (AvgIpc) is 2.35. The first-order chi connectivity index (χ1) is 8.77. The van der Waals surface area contributed by atoms with Gasteiger partial charge in [-0.2, -0.15) is 0 Å². The molecule has 5 nitrogen and oxygen atoms in total. The van der Waals surface area contributed by atoms with Crippen LogP contribution in [0.5, 0.6) is 0 Å². The van der Waals surface area contributed by atoms with Gasteiger partial charge in [0.1, 0.15) is 0 Å². The van der Waals surface area contributed by atoms with Crippen LogP contribution in [0.4, 0.5) is 0 Å². The van der Waals surface area contributed by atoms with Crippen molar-refractivity contribution in [3.63, 3.8) is 0 Å². The molecular weight excluding hydrogens is 266 g/mol.